The molecular formula is C14H30N2O. The number of carbonyl (C=O) groups is 1. The van der Waals surface area contributed by atoms with Gasteiger partial charge in [0.15, 0.2) is 5.78 Å². The number of hydrogen-bond donors (Lipinski definition) is 2. The normalized spacial score (nSPS) is 14.6. The van der Waals surface area contributed by atoms with Crippen LogP contribution in [-0.2, 0) is 4.79 Å². The molecule has 0 heterocycles. The molecule has 17 heavy (non-hydrogen) atoms. The smallest absolute Gasteiger partial charge is 0.152 e. The molecule has 0 aliphatic carbocycles. The van der Waals surface area contributed by atoms with Crippen LogP contribution < -0.4 is 11.5 Å². The Morgan fingerprint density at radius 2 is 1.65 bits per heavy atom. The van der Waals surface area contributed by atoms with Gasteiger partial charge in [-0.2, -0.15) is 0 Å². The Hall–Kier alpha value is -0.410. The van der Waals surface area contributed by atoms with E-state index in [1.807, 2.05) is 6.92 Å². The van der Waals surface area contributed by atoms with Crippen LogP contribution in [-0.4, -0.2) is 18.4 Å². The van der Waals surface area contributed by atoms with Crippen molar-refractivity contribution in [3.05, 3.63) is 0 Å². The van der Waals surface area contributed by atoms with Gasteiger partial charge < -0.3 is 11.5 Å². The summed E-state index contributed by atoms with van der Waals surface area (Å²) in [5.74, 6) is 0.284. The van der Waals surface area contributed by atoms with Gasteiger partial charge in [-0.1, -0.05) is 52.4 Å². The quantitative estimate of drug-likeness (QED) is 0.547. The summed E-state index contributed by atoms with van der Waals surface area (Å²) < 4.78 is 0. The Morgan fingerprint density at radius 3 is 2.24 bits per heavy atom. The number of carbonyl (C=O) groups excluding carboxylic acids is 1. The van der Waals surface area contributed by atoms with Gasteiger partial charge in [0.1, 0.15) is 0 Å². The van der Waals surface area contributed by atoms with Crippen LogP contribution in [0.4, 0.5) is 0 Å². The molecule has 0 rings (SSSR count). The first-order chi connectivity index (χ1) is 8.13. The first kappa shape index (κ1) is 16.6. The zero-order valence-electron chi connectivity index (χ0n) is 11.6. The van der Waals surface area contributed by atoms with Crippen LogP contribution in [0.2, 0.25) is 0 Å². The highest BCUT2D eigenvalue weighted by Gasteiger charge is 2.19. The minimum absolute atomic E-state index is 0.0997. The van der Waals surface area contributed by atoms with E-state index >= 15 is 0 Å². The minimum Gasteiger partial charge on any atom is -0.330 e. The lowest BCUT2D eigenvalue weighted by atomic mass is 9.93. The van der Waals surface area contributed by atoms with E-state index < -0.39 is 0 Å². The molecule has 0 saturated heterocycles. The summed E-state index contributed by atoms with van der Waals surface area (Å²) in [6.07, 6.45) is 9.20. The number of ketones is 1. The van der Waals surface area contributed by atoms with E-state index in [9.17, 15) is 4.79 Å². The zero-order valence-corrected chi connectivity index (χ0v) is 11.6. The van der Waals surface area contributed by atoms with Gasteiger partial charge in [-0.15, -0.1) is 0 Å². The SMILES string of the molecule is CCCCCCCCC(C)C(=O)C(N)CCN. The van der Waals surface area contributed by atoms with E-state index in [1.54, 1.807) is 0 Å². The lowest BCUT2D eigenvalue weighted by molar-refractivity contribution is -0.124. The molecule has 102 valence electrons. The van der Waals surface area contributed by atoms with E-state index in [1.165, 1.54) is 32.1 Å². The Bertz CT molecular complexity index is 195. The summed E-state index contributed by atoms with van der Waals surface area (Å²) in [6.45, 7) is 4.71. The third-order valence-electron chi connectivity index (χ3n) is 3.32. The molecule has 0 aliphatic heterocycles. The predicted molar refractivity (Wildman–Crippen MR) is 73.8 cm³/mol. The van der Waals surface area contributed by atoms with Gasteiger partial charge in [0.2, 0.25) is 0 Å². The van der Waals surface area contributed by atoms with Crippen molar-refractivity contribution in [1.82, 2.24) is 0 Å². The van der Waals surface area contributed by atoms with E-state index in [4.69, 9.17) is 11.5 Å². The Kier molecular flexibility index (Phi) is 10.5. The fraction of sp³-hybridized carbons (Fsp3) is 0.929. The number of Topliss-reactive ketones (excluding diaryl/α,β-unsaturated/α-hetero) is 1. The highest BCUT2D eigenvalue weighted by Crippen LogP contribution is 2.14. The molecule has 0 saturated carbocycles. The first-order valence-electron chi connectivity index (χ1n) is 7.12. The third kappa shape index (κ3) is 8.33. The minimum atomic E-state index is -0.352. The molecule has 4 N–H and O–H groups in total. The molecule has 0 aromatic rings. The largest absolute Gasteiger partial charge is 0.330 e. The van der Waals surface area contributed by atoms with E-state index in [0.29, 0.717) is 13.0 Å². The van der Waals surface area contributed by atoms with Crippen LogP contribution >= 0.6 is 0 Å². The van der Waals surface area contributed by atoms with Crippen LogP contribution in [0.3, 0.4) is 0 Å². The highest BCUT2D eigenvalue weighted by molar-refractivity contribution is 5.85. The van der Waals surface area contributed by atoms with Crippen LogP contribution in [0.15, 0.2) is 0 Å². The van der Waals surface area contributed by atoms with Crippen molar-refractivity contribution in [1.29, 1.82) is 0 Å². The monoisotopic (exact) mass is 242 g/mol. The lowest BCUT2D eigenvalue weighted by Gasteiger charge is -2.15. The molecule has 0 amide bonds. The second-order valence-corrected chi connectivity index (χ2v) is 5.04. The number of hydrogen-bond acceptors (Lipinski definition) is 3. The molecule has 0 aromatic carbocycles. The molecule has 2 atom stereocenters. The summed E-state index contributed by atoms with van der Waals surface area (Å²) in [5, 5.41) is 0. The van der Waals surface area contributed by atoms with Crippen molar-refractivity contribution in [3.8, 4) is 0 Å². The summed E-state index contributed by atoms with van der Waals surface area (Å²) in [7, 11) is 0. The standard InChI is InChI=1S/C14H30N2O/c1-3-4-5-6-7-8-9-12(2)14(17)13(16)10-11-15/h12-13H,3-11,15-16H2,1-2H3. The maximum absolute atomic E-state index is 11.8. The molecule has 3 nitrogen and oxygen atoms in total. The second kappa shape index (κ2) is 10.7. The number of unbranched alkanes of at least 4 members (excludes halogenated alkanes) is 5. The molecule has 0 aromatic heterocycles. The molecule has 0 bridgehead atoms. The van der Waals surface area contributed by atoms with E-state index in [-0.39, 0.29) is 17.7 Å². The van der Waals surface area contributed by atoms with Crippen LogP contribution in [0, 0.1) is 5.92 Å². The van der Waals surface area contributed by atoms with Gasteiger partial charge in [-0.25, -0.2) is 0 Å². The Morgan fingerprint density at radius 1 is 1.06 bits per heavy atom. The summed E-state index contributed by atoms with van der Waals surface area (Å²) in [4.78, 5) is 11.8. The summed E-state index contributed by atoms with van der Waals surface area (Å²) in [5.41, 5.74) is 11.2. The molecule has 0 spiro atoms. The van der Waals surface area contributed by atoms with Gasteiger partial charge in [-0.3, -0.25) is 4.79 Å². The van der Waals surface area contributed by atoms with Crippen molar-refractivity contribution in [2.75, 3.05) is 6.54 Å². The molecular weight excluding hydrogens is 212 g/mol. The molecule has 0 fully saturated rings. The van der Waals surface area contributed by atoms with Crippen molar-refractivity contribution < 1.29 is 4.79 Å². The summed E-state index contributed by atoms with van der Waals surface area (Å²) >= 11 is 0. The molecule has 0 radical (unpaired) electrons. The lowest BCUT2D eigenvalue weighted by Crippen LogP contribution is -2.36. The molecule has 0 aliphatic rings. The maximum atomic E-state index is 11.8. The average molecular weight is 242 g/mol. The van der Waals surface area contributed by atoms with Crippen molar-refractivity contribution in [3.63, 3.8) is 0 Å². The number of rotatable bonds is 11. The van der Waals surface area contributed by atoms with Gasteiger partial charge in [-0.05, 0) is 19.4 Å². The Labute approximate surface area is 106 Å². The van der Waals surface area contributed by atoms with Gasteiger partial charge in [0.25, 0.3) is 0 Å². The van der Waals surface area contributed by atoms with Crippen LogP contribution in [0.25, 0.3) is 0 Å². The predicted octanol–water partition coefficient (Wildman–Crippen LogP) is 2.62. The van der Waals surface area contributed by atoms with Crippen molar-refractivity contribution in [2.45, 2.75) is 71.3 Å². The second-order valence-electron chi connectivity index (χ2n) is 5.04. The average Bonchev–Trinajstić information content (AvgIpc) is 2.32. The fourth-order valence-electron chi connectivity index (χ4n) is 2.06. The maximum Gasteiger partial charge on any atom is 0.152 e. The first-order valence-corrected chi connectivity index (χ1v) is 7.12. The van der Waals surface area contributed by atoms with Gasteiger partial charge in [0.05, 0.1) is 6.04 Å². The fourth-order valence-corrected chi connectivity index (χ4v) is 2.06. The van der Waals surface area contributed by atoms with E-state index in [2.05, 4.69) is 6.92 Å². The zero-order chi connectivity index (χ0) is 13.1. The van der Waals surface area contributed by atoms with Gasteiger partial charge in [0, 0.05) is 5.92 Å². The van der Waals surface area contributed by atoms with Crippen LogP contribution in [0.5, 0.6) is 0 Å². The summed E-state index contributed by atoms with van der Waals surface area (Å²) in [6, 6.07) is -0.352. The van der Waals surface area contributed by atoms with E-state index in [0.717, 1.165) is 12.8 Å². The third-order valence-corrected chi connectivity index (χ3v) is 3.32. The number of nitrogens with two attached hydrogens (primary N) is 2. The molecule has 2 unspecified atom stereocenters. The van der Waals surface area contributed by atoms with Crippen molar-refractivity contribution >= 4 is 5.78 Å². The van der Waals surface area contributed by atoms with Gasteiger partial charge >= 0.3 is 0 Å². The molecule has 3 heteroatoms. The Balaban J connectivity index is 3.57. The topological polar surface area (TPSA) is 69.1 Å². The van der Waals surface area contributed by atoms with Crippen molar-refractivity contribution in [2.24, 2.45) is 17.4 Å². The van der Waals surface area contributed by atoms with Crippen LogP contribution in [0.1, 0.15) is 65.2 Å². The highest BCUT2D eigenvalue weighted by atomic mass is 16.1.